The Labute approximate surface area is 118 Å². The molecule has 1 rings (SSSR count). The third-order valence-electron chi connectivity index (χ3n) is 2.48. The zero-order valence-electron chi connectivity index (χ0n) is 11.0. The highest BCUT2D eigenvalue weighted by atomic mass is 35.5. The lowest BCUT2D eigenvalue weighted by Crippen LogP contribution is -2.36. The molecular weight excluding hydrogens is 297 g/mol. The molecule has 0 bridgehead atoms. The molecule has 20 heavy (non-hydrogen) atoms. The predicted octanol–water partition coefficient (Wildman–Crippen LogP) is 3.88. The number of esters is 1. The first-order valence-electron chi connectivity index (χ1n) is 5.56. The van der Waals surface area contributed by atoms with Gasteiger partial charge < -0.3 is 4.74 Å². The summed E-state index contributed by atoms with van der Waals surface area (Å²) < 4.78 is 42.5. The molecule has 0 atom stereocenters. The fourth-order valence-electron chi connectivity index (χ4n) is 1.64. The van der Waals surface area contributed by atoms with E-state index in [9.17, 15) is 22.8 Å². The molecule has 0 unspecified atom stereocenters. The first-order valence-corrected chi connectivity index (χ1v) is 5.94. The normalized spacial score (nSPS) is 12.2. The van der Waals surface area contributed by atoms with E-state index in [2.05, 4.69) is 0 Å². The summed E-state index contributed by atoms with van der Waals surface area (Å²) in [5, 5.41) is -0.582. The molecule has 0 aliphatic carbocycles. The topological polar surface area (TPSA) is 43.4 Å². The molecule has 0 fully saturated rings. The number of rotatable bonds is 3. The molecule has 0 aromatic heterocycles. The highest BCUT2D eigenvalue weighted by Gasteiger charge is 2.36. The van der Waals surface area contributed by atoms with Gasteiger partial charge >= 0.3 is 12.1 Å². The Morgan fingerprint density at radius 2 is 1.75 bits per heavy atom. The van der Waals surface area contributed by atoms with E-state index in [4.69, 9.17) is 16.3 Å². The SMILES string of the molecule is CC(=O)OC(C)(C)C(=O)c1ccc(C(F)(F)F)c(Cl)c1. The molecule has 7 heteroatoms. The molecule has 3 nitrogen and oxygen atoms in total. The zero-order valence-corrected chi connectivity index (χ0v) is 11.7. The number of ketones is 1. The van der Waals surface area contributed by atoms with Gasteiger partial charge in [-0.25, -0.2) is 0 Å². The Kier molecular flexibility index (Phi) is 4.49. The Morgan fingerprint density at radius 3 is 2.15 bits per heavy atom. The van der Waals surface area contributed by atoms with Crippen molar-refractivity contribution < 1.29 is 27.5 Å². The highest BCUT2D eigenvalue weighted by Crippen LogP contribution is 2.35. The summed E-state index contributed by atoms with van der Waals surface area (Å²) in [6.45, 7) is 3.83. The fourth-order valence-corrected chi connectivity index (χ4v) is 1.93. The van der Waals surface area contributed by atoms with E-state index in [0.717, 1.165) is 25.1 Å². The second-order valence-corrected chi connectivity index (χ2v) is 5.03. The van der Waals surface area contributed by atoms with Crippen LogP contribution in [0.3, 0.4) is 0 Å². The summed E-state index contributed by atoms with van der Waals surface area (Å²) >= 11 is 5.53. The van der Waals surface area contributed by atoms with Gasteiger partial charge in [0.05, 0.1) is 10.6 Å². The highest BCUT2D eigenvalue weighted by molar-refractivity contribution is 6.31. The third-order valence-corrected chi connectivity index (χ3v) is 2.80. The Balaban J connectivity index is 3.14. The van der Waals surface area contributed by atoms with Crippen LogP contribution in [-0.2, 0) is 15.7 Å². The van der Waals surface area contributed by atoms with Crippen molar-refractivity contribution in [1.82, 2.24) is 0 Å². The summed E-state index contributed by atoms with van der Waals surface area (Å²) in [6, 6.07) is 2.64. The van der Waals surface area contributed by atoms with Gasteiger partial charge in [-0.05, 0) is 26.0 Å². The Bertz CT molecular complexity index is 550. The summed E-state index contributed by atoms with van der Waals surface area (Å²) in [4.78, 5) is 23.0. The fraction of sp³-hybridized carbons (Fsp3) is 0.385. The van der Waals surface area contributed by atoms with E-state index in [1.807, 2.05) is 0 Å². The molecule has 0 radical (unpaired) electrons. The average Bonchev–Trinajstić information content (AvgIpc) is 2.24. The zero-order chi connectivity index (χ0) is 15.7. The molecule has 1 aromatic carbocycles. The summed E-state index contributed by atoms with van der Waals surface area (Å²) in [7, 11) is 0. The minimum Gasteiger partial charge on any atom is -0.451 e. The van der Waals surface area contributed by atoms with E-state index >= 15 is 0 Å². The molecule has 0 amide bonds. The van der Waals surface area contributed by atoms with E-state index < -0.39 is 34.1 Å². The molecule has 0 heterocycles. The summed E-state index contributed by atoms with van der Waals surface area (Å²) in [5.74, 6) is -1.30. The van der Waals surface area contributed by atoms with Crippen molar-refractivity contribution in [2.24, 2.45) is 0 Å². The maximum atomic E-state index is 12.5. The number of benzene rings is 1. The van der Waals surface area contributed by atoms with Gasteiger partial charge in [-0.3, -0.25) is 9.59 Å². The van der Waals surface area contributed by atoms with E-state index in [1.165, 1.54) is 13.8 Å². The quantitative estimate of drug-likeness (QED) is 0.628. The molecule has 0 aliphatic rings. The van der Waals surface area contributed by atoms with Crippen LogP contribution in [0.15, 0.2) is 18.2 Å². The largest absolute Gasteiger partial charge is 0.451 e. The van der Waals surface area contributed by atoms with Gasteiger partial charge in [0.25, 0.3) is 0 Å². The lowest BCUT2D eigenvalue weighted by atomic mass is 9.95. The van der Waals surface area contributed by atoms with Gasteiger partial charge in [0, 0.05) is 12.5 Å². The van der Waals surface area contributed by atoms with Crippen LogP contribution in [0.4, 0.5) is 13.2 Å². The molecule has 110 valence electrons. The number of hydrogen-bond donors (Lipinski definition) is 0. The van der Waals surface area contributed by atoms with E-state index in [1.54, 1.807) is 0 Å². The minimum absolute atomic E-state index is 0.0609. The average molecular weight is 309 g/mol. The lowest BCUT2D eigenvalue weighted by Gasteiger charge is -2.23. The second-order valence-electron chi connectivity index (χ2n) is 4.63. The molecule has 0 saturated heterocycles. The predicted molar refractivity (Wildman–Crippen MR) is 66.6 cm³/mol. The maximum Gasteiger partial charge on any atom is 0.417 e. The van der Waals surface area contributed by atoms with Crippen molar-refractivity contribution in [2.45, 2.75) is 32.5 Å². The van der Waals surface area contributed by atoms with Crippen LogP contribution < -0.4 is 0 Å². The van der Waals surface area contributed by atoms with Gasteiger partial charge in [-0.15, -0.1) is 0 Å². The number of alkyl halides is 3. The second kappa shape index (κ2) is 5.44. The minimum atomic E-state index is -4.59. The molecule has 0 saturated carbocycles. The van der Waals surface area contributed by atoms with Crippen LogP contribution in [0.1, 0.15) is 36.7 Å². The number of ether oxygens (including phenoxy) is 1. The van der Waals surface area contributed by atoms with Crippen LogP contribution in [0, 0.1) is 0 Å². The Morgan fingerprint density at radius 1 is 1.20 bits per heavy atom. The summed E-state index contributed by atoms with van der Waals surface area (Å²) in [6.07, 6.45) is -4.59. The molecule has 0 N–H and O–H groups in total. The van der Waals surface area contributed by atoms with E-state index in [-0.39, 0.29) is 5.56 Å². The van der Waals surface area contributed by atoms with Crippen molar-refractivity contribution in [1.29, 1.82) is 0 Å². The number of carbonyl (C=O) groups excluding carboxylic acids is 2. The van der Waals surface area contributed by atoms with Crippen molar-refractivity contribution in [3.63, 3.8) is 0 Å². The standard InChI is InChI=1S/C13H12ClF3O3/c1-7(18)20-12(2,3)11(19)8-4-5-9(10(14)6-8)13(15,16)17/h4-6H,1-3H3. The molecule has 1 aromatic rings. The van der Waals surface area contributed by atoms with E-state index in [0.29, 0.717) is 0 Å². The van der Waals surface area contributed by atoms with Gasteiger partial charge in [0.15, 0.2) is 5.60 Å². The van der Waals surface area contributed by atoms with Crippen LogP contribution in [0.25, 0.3) is 0 Å². The van der Waals surface area contributed by atoms with Gasteiger partial charge in [0.2, 0.25) is 5.78 Å². The van der Waals surface area contributed by atoms with Crippen LogP contribution in [-0.4, -0.2) is 17.4 Å². The number of halogens is 4. The van der Waals surface area contributed by atoms with Gasteiger partial charge in [0.1, 0.15) is 0 Å². The number of carbonyl (C=O) groups is 2. The Hall–Kier alpha value is -1.56. The molecule has 0 spiro atoms. The van der Waals surface area contributed by atoms with Crippen molar-refractivity contribution in [2.75, 3.05) is 0 Å². The van der Waals surface area contributed by atoms with Crippen molar-refractivity contribution in [3.05, 3.63) is 34.3 Å². The number of Topliss-reactive ketones (excluding diaryl/α,β-unsaturated/α-hetero) is 1. The monoisotopic (exact) mass is 308 g/mol. The number of hydrogen-bond acceptors (Lipinski definition) is 3. The van der Waals surface area contributed by atoms with Crippen molar-refractivity contribution in [3.8, 4) is 0 Å². The van der Waals surface area contributed by atoms with Crippen LogP contribution in [0.5, 0.6) is 0 Å². The van der Waals surface area contributed by atoms with Crippen molar-refractivity contribution >= 4 is 23.4 Å². The third kappa shape index (κ3) is 3.72. The lowest BCUT2D eigenvalue weighted by molar-refractivity contribution is -0.149. The molecular formula is C13H12ClF3O3. The molecule has 0 aliphatic heterocycles. The van der Waals surface area contributed by atoms with Gasteiger partial charge in [-0.2, -0.15) is 13.2 Å². The first kappa shape index (κ1) is 16.5. The van der Waals surface area contributed by atoms with Gasteiger partial charge in [-0.1, -0.05) is 17.7 Å². The maximum absolute atomic E-state index is 12.5. The smallest absolute Gasteiger partial charge is 0.417 e. The van der Waals surface area contributed by atoms with Crippen LogP contribution in [0.2, 0.25) is 5.02 Å². The first-order chi connectivity index (χ1) is 8.95. The van der Waals surface area contributed by atoms with Crippen LogP contribution >= 0.6 is 11.6 Å². The summed E-state index contributed by atoms with van der Waals surface area (Å²) in [5.41, 5.74) is -2.56.